The van der Waals surface area contributed by atoms with E-state index in [0.29, 0.717) is 6.42 Å². The van der Waals surface area contributed by atoms with Crippen LogP contribution in [0.3, 0.4) is 0 Å². The summed E-state index contributed by atoms with van der Waals surface area (Å²) in [5.74, 6) is 0.0917. The smallest absolute Gasteiger partial charge is 0.224 e. The molecule has 0 saturated heterocycles. The molecule has 2 aromatic rings. The molecular weight excluding hydrogens is 332 g/mol. The lowest BCUT2D eigenvalue weighted by molar-refractivity contribution is -0.117. The highest BCUT2D eigenvalue weighted by Gasteiger charge is 2.19. The van der Waals surface area contributed by atoms with Crippen LogP contribution >= 0.6 is 0 Å². The van der Waals surface area contributed by atoms with Gasteiger partial charge in [0, 0.05) is 31.7 Å². The Labute approximate surface area is 163 Å². The van der Waals surface area contributed by atoms with Gasteiger partial charge in [-0.1, -0.05) is 57.2 Å². The fraction of sp³-hybridized carbons (Fsp3) is 0.458. The van der Waals surface area contributed by atoms with Gasteiger partial charge >= 0.3 is 0 Å². The topological polar surface area (TPSA) is 32.3 Å². The molecule has 144 valence electrons. The zero-order valence-electron chi connectivity index (χ0n) is 17.4. The number of carbonyl (C=O) groups excluding carboxylic acids is 1. The van der Waals surface area contributed by atoms with E-state index < -0.39 is 0 Å². The molecule has 0 aromatic heterocycles. The normalized spacial score (nSPS) is 14.7. The predicted molar refractivity (Wildman–Crippen MR) is 113 cm³/mol. The van der Waals surface area contributed by atoms with Crippen LogP contribution < -0.4 is 5.32 Å². The molecule has 1 amide bonds. The molecule has 3 nitrogen and oxygen atoms in total. The van der Waals surface area contributed by atoms with E-state index in [2.05, 4.69) is 81.2 Å². The van der Waals surface area contributed by atoms with E-state index in [1.165, 1.54) is 16.7 Å². The minimum Gasteiger partial charge on any atom is -0.326 e. The van der Waals surface area contributed by atoms with Crippen molar-refractivity contribution in [1.29, 1.82) is 0 Å². The third-order valence-electron chi connectivity index (χ3n) is 5.16. The highest BCUT2D eigenvalue weighted by atomic mass is 16.1. The van der Waals surface area contributed by atoms with Gasteiger partial charge in [0.05, 0.1) is 0 Å². The van der Waals surface area contributed by atoms with Crippen LogP contribution in [0.1, 0.15) is 55.0 Å². The number of anilines is 1. The van der Waals surface area contributed by atoms with Gasteiger partial charge in [0.1, 0.15) is 0 Å². The van der Waals surface area contributed by atoms with E-state index in [-0.39, 0.29) is 11.3 Å². The fourth-order valence-corrected chi connectivity index (χ4v) is 3.95. The zero-order valence-corrected chi connectivity index (χ0v) is 17.4. The van der Waals surface area contributed by atoms with Crippen LogP contribution in [0.2, 0.25) is 0 Å². The van der Waals surface area contributed by atoms with Crippen molar-refractivity contribution in [2.75, 3.05) is 11.9 Å². The van der Waals surface area contributed by atoms with Crippen LogP contribution in [-0.2, 0) is 24.3 Å². The Balaban J connectivity index is 1.69. The summed E-state index contributed by atoms with van der Waals surface area (Å²) in [6, 6.07) is 13.2. The van der Waals surface area contributed by atoms with Gasteiger partial charge in [0.25, 0.3) is 0 Å². The molecule has 0 fully saturated rings. The number of rotatable bonds is 4. The first-order valence-electron chi connectivity index (χ1n) is 9.90. The molecule has 3 rings (SSSR count). The number of hydrogen-bond donors (Lipinski definition) is 1. The Morgan fingerprint density at radius 1 is 1.07 bits per heavy atom. The first-order chi connectivity index (χ1) is 12.7. The summed E-state index contributed by atoms with van der Waals surface area (Å²) >= 11 is 0. The molecule has 0 radical (unpaired) electrons. The minimum atomic E-state index is -0.00358. The van der Waals surface area contributed by atoms with Crippen molar-refractivity contribution in [3.05, 3.63) is 64.2 Å². The van der Waals surface area contributed by atoms with E-state index >= 15 is 0 Å². The number of hydrogen-bond acceptors (Lipinski definition) is 2. The number of aryl methyl sites for hydroxylation is 2. The quantitative estimate of drug-likeness (QED) is 0.805. The summed E-state index contributed by atoms with van der Waals surface area (Å²) in [5.41, 5.74) is 7.50. The average Bonchev–Trinajstić information content (AvgIpc) is 2.56. The summed E-state index contributed by atoms with van der Waals surface area (Å²) in [6.45, 7) is 13.5. The van der Waals surface area contributed by atoms with Crippen molar-refractivity contribution in [2.24, 2.45) is 5.41 Å². The van der Waals surface area contributed by atoms with E-state index in [9.17, 15) is 4.79 Å². The highest BCUT2D eigenvalue weighted by Crippen LogP contribution is 2.27. The number of nitrogens with zero attached hydrogens (tertiary/aromatic N) is 1. The van der Waals surface area contributed by atoms with Gasteiger partial charge in [-0.3, -0.25) is 9.69 Å². The Kier molecular flexibility index (Phi) is 5.71. The Morgan fingerprint density at radius 3 is 2.33 bits per heavy atom. The average molecular weight is 365 g/mol. The van der Waals surface area contributed by atoms with E-state index in [4.69, 9.17) is 0 Å². The summed E-state index contributed by atoms with van der Waals surface area (Å²) < 4.78 is 0. The van der Waals surface area contributed by atoms with Gasteiger partial charge in [-0.25, -0.2) is 0 Å². The van der Waals surface area contributed by atoms with E-state index in [0.717, 1.165) is 42.9 Å². The van der Waals surface area contributed by atoms with Crippen molar-refractivity contribution in [1.82, 2.24) is 4.90 Å². The van der Waals surface area contributed by atoms with Gasteiger partial charge < -0.3 is 5.32 Å². The van der Waals surface area contributed by atoms with Crippen molar-refractivity contribution in [2.45, 2.75) is 60.5 Å². The number of benzene rings is 2. The lowest BCUT2D eigenvalue weighted by Crippen LogP contribution is -2.30. The third-order valence-corrected chi connectivity index (χ3v) is 5.16. The first-order valence-corrected chi connectivity index (χ1v) is 9.90. The molecule has 0 unspecified atom stereocenters. The minimum absolute atomic E-state index is 0.00358. The maximum atomic E-state index is 12.3. The Bertz CT molecular complexity index is 810. The summed E-state index contributed by atoms with van der Waals surface area (Å²) in [4.78, 5) is 14.8. The number of amides is 1. The maximum Gasteiger partial charge on any atom is 0.224 e. The van der Waals surface area contributed by atoms with E-state index in [1.807, 2.05) is 0 Å². The van der Waals surface area contributed by atoms with Crippen LogP contribution in [0.15, 0.2) is 36.4 Å². The number of carbonyl (C=O) groups is 1. The van der Waals surface area contributed by atoms with Crippen LogP contribution in [0.4, 0.5) is 5.69 Å². The lowest BCUT2D eigenvalue weighted by atomic mass is 9.91. The molecule has 0 aliphatic carbocycles. The van der Waals surface area contributed by atoms with Crippen molar-refractivity contribution < 1.29 is 4.79 Å². The monoisotopic (exact) mass is 364 g/mol. The second-order valence-corrected chi connectivity index (χ2v) is 9.12. The van der Waals surface area contributed by atoms with Gasteiger partial charge in [0.15, 0.2) is 0 Å². The largest absolute Gasteiger partial charge is 0.326 e. The van der Waals surface area contributed by atoms with Crippen molar-refractivity contribution >= 4 is 11.6 Å². The Hall–Kier alpha value is -2.13. The van der Waals surface area contributed by atoms with Crippen LogP contribution in [0, 0.1) is 19.3 Å². The molecule has 1 aliphatic heterocycles. The molecule has 1 N–H and O–H groups in total. The molecule has 27 heavy (non-hydrogen) atoms. The van der Waals surface area contributed by atoms with Crippen molar-refractivity contribution in [3.8, 4) is 0 Å². The number of fused-ring (bicyclic) bond motifs is 1. The standard InChI is InChI=1S/C24H32N2O/c1-17-12-19(13-18(2)23(17)25-22(27)14-24(3,4)5)15-26-11-10-20-8-6-7-9-21(20)16-26/h6-9,12-13H,10-11,14-16H2,1-5H3,(H,25,27). The van der Waals surface area contributed by atoms with Crippen LogP contribution in [-0.4, -0.2) is 17.4 Å². The van der Waals surface area contributed by atoms with Gasteiger partial charge in [-0.2, -0.15) is 0 Å². The summed E-state index contributed by atoms with van der Waals surface area (Å²) in [6.07, 6.45) is 1.65. The van der Waals surface area contributed by atoms with Crippen molar-refractivity contribution in [3.63, 3.8) is 0 Å². The molecule has 0 spiro atoms. The summed E-state index contributed by atoms with van der Waals surface area (Å²) in [5, 5.41) is 3.13. The Morgan fingerprint density at radius 2 is 1.70 bits per heavy atom. The summed E-state index contributed by atoms with van der Waals surface area (Å²) in [7, 11) is 0. The molecule has 1 heterocycles. The van der Waals surface area contributed by atoms with Gasteiger partial charge in [0.2, 0.25) is 5.91 Å². The third kappa shape index (κ3) is 5.20. The molecule has 3 heteroatoms. The molecule has 1 aliphatic rings. The maximum absolute atomic E-state index is 12.3. The number of nitrogens with one attached hydrogen (secondary N) is 1. The molecular formula is C24H32N2O. The molecule has 0 saturated carbocycles. The second-order valence-electron chi connectivity index (χ2n) is 9.12. The van der Waals surface area contributed by atoms with Gasteiger partial charge in [-0.15, -0.1) is 0 Å². The molecule has 0 bridgehead atoms. The molecule has 2 aromatic carbocycles. The van der Waals surface area contributed by atoms with Crippen LogP contribution in [0.5, 0.6) is 0 Å². The molecule has 0 atom stereocenters. The predicted octanol–water partition coefficient (Wildman–Crippen LogP) is 5.24. The van der Waals surface area contributed by atoms with Crippen LogP contribution in [0.25, 0.3) is 0 Å². The SMILES string of the molecule is Cc1cc(CN2CCc3ccccc3C2)cc(C)c1NC(=O)CC(C)(C)C. The first kappa shape index (κ1) is 19.6. The fourth-order valence-electron chi connectivity index (χ4n) is 3.95. The van der Waals surface area contributed by atoms with Gasteiger partial charge in [-0.05, 0) is 53.5 Å². The lowest BCUT2D eigenvalue weighted by Gasteiger charge is -2.29. The highest BCUT2D eigenvalue weighted by molar-refractivity contribution is 5.92. The zero-order chi connectivity index (χ0) is 19.6. The second kappa shape index (κ2) is 7.85. The van der Waals surface area contributed by atoms with E-state index in [1.54, 1.807) is 0 Å².